The van der Waals surface area contributed by atoms with Crippen molar-refractivity contribution in [2.75, 3.05) is 7.05 Å². The lowest BCUT2D eigenvalue weighted by Crippen LogP contribution is -2.17. The van der Waals surface area contributed by atoms with Crippen LogP contribution in [0.5, 0.6) is 0 Å². The number of allylic oxidation sites excluding steroid dienone is 1. The number of benzene rings is 1. The van der Waals surface area contributed by atoms with Crippen molar-refractivity contribution in [1.82, 2.24) is 5.32 Å². The maximum absolute atomic E-state index is 13.2. The van der Waals surface area contributed by atoms with Gasteiger partial charge in [0.1, 0.15) is 5.82 Å². The van der Waals surface area contributed by atoms with E-state index in [1.54, 1.807) is 12.1 Å². The van der Waals surface area contributed by atoms with Gasteiger partial charge in [0.05, 0.1) is 0 Å². The molecule has 0 amide bonds. The summed E-state index contributed by atoms with van der Waals surface area (Å²) in [5, 5.41) is 3.29. The molecule has 0 saturated heterocycles. The molecule has 2 heteroatoms. The first-order valence-electron chi connectivity index (χ1n) is 6.40. The zero-order valence-corrected chi connectivity index (χ0v) is 10.4. The Kier molecular flexibility index (Phi) is 4.32. The van der Waals surface area contributed by atoms with Crippen molar-refractivity contribution in [2.45, 2.75) is 38.1 Å². The molecule has 1 N–H and O–H groups in total. The normalized spacial score (nSPS) is 17.6. The number of rotatable bonds is 4. The van der Waals surface area contributed by atoms with Gasteiger partial charge in [-0.25, -0.2) is 4.39 Å². The van der Waals surface area contributed by atoms with E-state index in [-0.39, 0.29) is 11.9 Å². The van der Waals surface area contributed by atoms with E-state index in [2.05, 4.69) is 11.4 Å². The Morgan fingerprint density at radius 1 is 1.35 bits per heavy atom. The highest BCUT2D eigenvalue weighted by molar-refractivity contribution is 5.22. The summed E-state index contributed by atoms with van der Waals surface area (Å²) >= 11 is 0. The molecule has 1 aliphatic carbocycles. The molecule has 1 aromatic rings. The smallest absolute Gasteiger partial charge is 0.123 e. The molecule has 17 heavy (non-hydrogen) atoms. The third-order valence-corrected chi connectivity index (χ3v) is 3.45. The summed E-state index contributed by atoms with van der Waals surface area (Å²) in [6.07, 6.45) is 8.37. The number of hydrogen-bond acceptors (Lipinski definition) is 1. The summed E-state index contributed by atoms with van der Waals surface area (Å²) in [4.78, 5) is 0. The van der Waals surface area contributed by atoms with Gasteiger partial charge in [-0.05, 0) is 56.8 Å². The highest BCUT2D eigenvalue weighted by Gasteiger charge is 2.13. The van der Waals surface area contributed by atoms with E-state index >= 15 is 0 Å². The fourth-order valence-electron chi connectivity index (χ4n) is 2.46. The van der Waals surface area contributed by atoms with Crippen LogP contribution in [0.2, 0.25) is 0 Å². The summed E-state index contributed by atoms with van der Waals surface area (Å²) in [6.45, 7) is 0. The van der Waals surface area contributed by atoms with E-state index in [1.165, 1.54) is 37.3 Å². The molecule has 0 bridgehead atoms. The second-order valence-electron chi connectivity index (χ2n) is 4.71. The largest absolute Gasteiger partial charge is 0.313 e. The van der Waals surface area contributed by atoms with Gasteiger partial charge in [0, 0.05) is 6.04 Å². The molecular formula is C15H20FN. The van der Waals surface area contributed by atoms with Crippen molar-refractivity contribution < 1.29 is 4.39 Å². The van der Waals surface area contributed by atoms with Gasteiger partial charge in [0.2, 0.25) is 0 Å². The fraction of sp³-hybridized carbons (Fsp3) is 0.467. The zero-order valence-electron chi connectivity index (χ0n) is 10.4. The monoisotopic (exact) mass is 233 g/mol. The lowest BCUT2D eigenvalue weighted by molar-refractivity contribution is 0.551. The third-order valence-electron chi connectivity index (χ3n) is 3.45. The predicted octanol–water partition coefficient (Wildman–Crippen LogP) is 3.98. The Balaban J connectivity index is 2.08. The molecule has 0 aliphatic heterocycles. The Morgan fingerprint density at radius 2 is 2.24 bits per heavy atom. The number of halogens is 1. The average molecular weight is 233 g/mol. The van der Waals surface area contributed by atoms with Crippen LogP contribution < -0.4 is 5.32 Å². The van der Waals surface area contributed by atoms with Crippen molar-refractivity contribution in [1.29, 1.82) is 0 Å². The molecule has 0 spiro atoms. The Labute approximate surface area is 103 Å². The lowest BCUT2D eigenvalue weighted by Gasteiger charge is -2.20. The van der Waals surface area contributed by atoms with Gasteiger partial charge in [-0.1, -0.05) is 23.8 Å². The van der Waals surface area contributed by atoms with Crippen molar-refractivity contribution in [3.8, 4) is 0 Å². The zero-order chi connectivity index (χ0) is 12.1. The maximum atomic E-state index is 13.2. The van der Waals surface area contributed by atoms with Gasteiger partial charge < -0.3 is 5.32 Å². The maximum Gasteiger partial charge on any atom is 0.123 e. The molecule has 1 unspecified atom stereocenters. The summed E-state index contributed by atoms with van der Waals surface area (Å²) in [5.41, 5.74) is 2.55. The molecule has 1 aliphatic rings. The van der Waals surface area contributed by atoms with E-state index in [9.17, 15) is 4.39 Å². The van der Waals surface area contributed by atoms with Crippen LogP contribution in [0.3, 0.4) is 0 Å². The molecule has 0 saturated carbocycles. The molecule has 0 heterocycles. The van der Waals surface area contributed by atoms with Gasteiger partial charge in [-0.2, -0.15) is 0 Å². The van der Waals surface area contributed by atoms with Crippen molar-refractivity contribution in [3.05, 3.63) is 47.3 Å². The van der Waals surface area contributed by atoms with Crippen LogP contribution in [0.25, 0.3) is 0 Å². The van der Waals surface area contributed by atoms with E-state index in [1.807, 2.05) is 13.1 Å². The quantitative estimate of drug-likeness (QED) is 0.776. The third kappa shape index (κ3) is 3.40. The van der Waals surface area contributed by atoms with Gasteiger partial charge in [-0.15, -0.1) is 0 Å². The van der Waals surface area contributed by atoms with Gasteiger partial charge in [0.25, 0.3) is 0 Å². The van der Waals surface area contributed by atoms with Crippen LogP contribution in [0.15, 0.2) is 35.9 Å². The molecule has 1 nitrogen and oxygen atoms in total. The van der Waals surface area contributed by atoms with E-state index < -0.39 is 0 Å². The first-order chi connectivity index (χ1) is 8.29. The van der Waals surface area contributed by atoms with E-state index in [0.717, 1.165) is 12.0 Å². The van der Waals surface area contributed by atoms with E-state index in [0.29, 0.717) is 0 Å². The van der Waals surface area contributed by atoms with Crippen molar-refractivity contribution >= 4 is 0 Å². The molecule has 0 radical (unpaired) electrons. The van der Waals surface area contributed by atoms with Crippen LogP contribution in [0, 0.1) is 5.82 Å². The van der Waals surface area contributed by atoms with Crippen molar-refractivity contribution in [2.24, 2.45) is 0 Å². The summed E-state index contributed by atoms with van der Waals surface area (Å²) in [5.74, 6) is -0.152. The molecule has 0 fully saturated rings. The van der Waals surface area contributed by atoms with Crippen LogP contribution >= 0.6 is 0 Å². The van der Waals surface area contributed by atoms with Crippen LogP contribution in [0.4, 0.5) is 4.39 Å². The van der Waals surface area contributed by atoms with Crippen LogP contribution in [0.1, 0.15) is 43.7 Å². The molecular weight excluding hydrogens is 213 g/mol. The Morgan fingerprint density at radius 3 is 2.88 bits per heavy atom. The first-order valence-corrected chi connectivity index (χ1v) is 6.40. The van der Waals surface area contributed by atoms with Gasteiger partial charge >= 0.3 is 0 Å². The summed E-state index contributed by atoms with van der Waals surface area (Å²) in [6, 6.07) is 7.13. The standard InChI is InChI=1S/C15H20FN/c1-17-15(10-12-6-3-2-4-7-12)13-8-5-9-14(16)11-13/h5-6,8-9,11,15,17H,2-4,7,10H2,1H3. The second kappa shape index (κ2) is 5.97. The minimum atomic E-state index is -0.152. The molecule has 1 atom stereocenters. The highest BCUT2D eigenvalue weighted by Crippen LogP contribution is 2.27. The molecule has 0 aromatic heterocycles. The average Bonchev–Trinajstić information content (AvgIpc) is 2.37. The minimum absolute atomic E-state index is 0.152. The summed E-state index contributed by atoms with van der Waals surface area (Å²) in [7, 11) is 1.94. The number of hydrogen-bond donors (Lipinski definition) is 1. The lowest BCUT2D eigenvalue weighted by atomic mass is 9.91. The second-order valence-corrected chi connectivity index (χ2v) is 4.71. The fourth-order valence-corrected chi connectivity index (χ4v) is 2.46. The number of nitrogens with one attached hydrogen (secondary N) is 1. The summed E-state index contributed by atoms with van der Waals surface area (Å²) < 4.78 is 13.2. The van der Waals surface area contributed by atoms with Gasteiger partial charge in [-0.3, -0.25) is 0 Å². The molecule has 2 rings (SSSR count). The van der Waals surface area contributed by atoms with Crippen LogP contribution in [-0.4, -0.2) is 7.05 Å². The highest BCUT2D eigenvalue weighted by atomic mass is 19.1. The Bertz CT molecular complexity index is 398. The van der Waals surface area contributed by atoms with Crippen molar-refractivity contribution in [3.63, 3.8) is 0 Å². The topological polar surface area (TPSA) is 12.0 Å². The molecule has 1 aromatic carbocycles. The van der Waals surface area contributed by atoms with E-state index in [4.69, 9.17) is 0 Å². The Hall–Kier alpha value is -1.15. The first kappa shape index (κ1) is 12.3. The minimum Gasteiger partial charge on any atom is -0.313 e. The molecule has 92 valence electrons. The van der Waals surface area contributed by atoms with Gasteiger partial charge in [0.15, 0.2) is 0 Å². The van der Waals surface area contributed by atoms with Crippen LogP contribution in [-0.2, 0) is 0 Å². The predicted molar refractivity (Wildman–Crippen MR) is 69.4 cm³/mol. The SMILES string of the molecule is CNC(CC1=CCCCC1)c1cccc(F)c1.